The van der Waals surface area contributed by atoms with E-state index < -0.39 is 6.04 Å². The van der Waals surface area contributed by atoms with Gasteiger partial charge in [0.25, 0.3) is 5.91 Å². The first-order chi connectivity index (χ1) is 14.4. The van der Waals surface area contributed by atoms with Crippen molar-refractivity contribution in [2.45, 2.75) is 53.1 Å². The van der Waals surface area contributed by atoms with E-state index in [9.17, 15) is 9.59 Å². The summed E-state index contributed by atoms with van der Waals surface area (Å²) < 4.78 is 6.60. The number of hydrogen-bond acceptors (Lipinski definition) is 3. The standard InChI is InChI=1S/C24H31BrN2O3/c1-5-13-26-24(29)18(4)27(15-20-10-8-7-9-17(20)3)23(28)16-30-22-12-11-19(6-2)14-21(22)25/h7-12,14,18H,5-6,13,15-16H2,1-4H3,(H,26,29)/t18-/m1/s1. The minimum absolute atomic E-state index is 0.138. The van der Waals surface area contributed by atoms with Gasteiger partial charge in [-0.3, -0.25) is 9.59 Å². The fourth-order valence-electron chi connectivity index (χ4n) is 3.05. The van der Waals surface area contributed by atoms with Gasteiger partial charge in [-0.15, -0.1) is 0 Å². The Bertz CT molecular complexity index is 869. The molecular formula is C24H31BrN2O3. The van der Waals surface area contributed by atoms with Crippen LogP contribution in [0, 0.1) is 6.92 Å². The molecule has 0 saturated heterocycles. The molecule has 6 heteroatoms. The van der Waals surface area contributed by atoms with Crippen LogP contribution < -0.4 is 10.1 Å². The smallest absolute Gasteiger partial charge is 0.261 e. The predicted octanol–water partition coefficient (Wildman–Crippen LogP) is 4.64. The van der Waals surface area contributed by atoms with Crippen LogP contribution in [0.4, 0.5) is 0 Å². The van der Waals surface area contributed by atoms with E-state index in [0.717, 1.165) is 28.4 Å². The predicted molar refractivity (Wildman–Crippen MR) is 124 cm³/mol. The summed E-state index contributed by atoms with van der Waals surface area (Å²) in [5.41, 5.74) is 3.27. The Morgan fingerprint density at radius 3 is 2.53 bits per heavy atom. The Morgan fingerprint density at radius 2 is 1.90 bits per heavy atom. The first-order valence-electron chi connectivity index (χ1n) is 10.4. The number of nitrogens with zero attached hydrogens (tertiary/aromatic N) is 1. The zero-order valence-electron chi connectivity index (χ0n) is 18.2. The SMILES string of the molecule is CCCNC(=O)[C@@H](C)N(Cc1ccccc1C)C(=O)COc1ccc(CC)cc1Br. The number of carbonyl (C=O) groups is 2. The number of carbonyl (C=O) groups excluding carboxylic acids is 2. The van der Waals surface area contributed by atoms with E-state index in [1.54, 1.807) is 11.8 Å². The van der Waals surface area contributed by atoms with Crippen molar-refractivity contribution in [2.24, 2.45) is 0 Å². The molecule has 5 nitrogen and oxygen atoms in total. The number of halogens is 1. The molecule has 0 spiro atoms. The maximum absolute atomic E-state index is 13.1. The van der Waals surface area contributed by atoms with Crippen molar-refractivity contribution in [1.29, 1.82) is 0 Å². The molecule has 0 unspecified atom stereocenters. The molecule has 2 amide bonds. The van der Waals surface area contributed by atoms with Crippen LogP contribution in [-0.4, -0.2) is 35.9 Å². The van der Waals surface area contributed by atoms with E-state index >= 15 is 0 Å². The summed E-state index contributed by atoms with van der Waals surface area (Å²) in [6.45, 7) is 8.64. The van der Waals surface area contributed by atoms with Crippen LogP contribution in [-0.2, 0) is 22.6 Å². The third-order valence-corrected chi connectivity index (χ3v) is 5.69. The molecule has 2 rings (SSSR count). The van der Waals surface area contributed by atoms with Crippen LogP contribution in [0.15, 0.2) is 46.9 Å². The number of ether oxygens (including phenoxy) is 1. The molecule has 0 aliphatic heterocycles. The molecule has 0 aromatic heterocycles. The topological polar surface area (TPSA) is 58.6 Å². The highest BCUT2D eigenvalue weighted by atomic mass is 79.9. The summed E-state index contributed by atoms with van der Waals surface area (Å²) in [6, 6.07) is 13.1. The van der Waals surface area contributed by atoms with E-state index in [1.807, 2.05) is 56.3 Å². The van der Waals surface area contributed by atoms with Gasteiger partial charge in [0.1, 0.15) is 11.8 Å². The molecule has 0 aliphatic rings. The second-order valence-corrected chi connectivity index (χ2v) is 8.18. The fraction of sp³-hybridized carbons (Fsp3) is 0.417. The second kappa shape index (κ2) is 11.7. The zero-order chi connectivity index (χ0) is 22.1. The van der Waals surface area contributed by atoms with Gasteiger partial charge >= 0.3 is 0 Å². The Balaban J connectivity index is 2.16. The molecule has 0 heterocycles. The van der Waals surface area contributed by atoms with Crippen molar-refractivity contribution < 1.29 is 14.3 Å². The molecule has 162 valence electrons. The van der Waals surface area contributed by atoms with Crippen LogP contribution in [0.25, 0.3) is 0 Å². The highest BCUT2D eigenvalue weighted by Crippen LogP contribution is 2.26. The van der Waals surface area contributed by atoms with Gasteiger partial charge in [-0.2, -0.15) is 0 Å². The Morgan fingerprint density at radius 1 is 1.17 bits per heavy atom. The lowest BCUT2D eigenvalue weighted by Crippen LogP contribution is -2.49. The Labute approximate surface area is 187 Å². The minimum atomic E-state index is -0.599. The molecule has 0 saturated carbocycles. The van der Waals surface area contributed by atoms with Crippen molar-refractivity contribution in [3.8, 4) is 5.75 Å². The van der Waals surface area contributed by atoms with Crippen molar-refractivity contribution in [3.05, 3.63) is 63.6 Å². The summed E-state index contributed by atoms with van der Waals surface area (Å²) in [5.74, 6) is 0.218. The van der Waals surface area contributed by atoms with Gasteiger partial charge in [0.05, 0.1) is 4.47 Å². The average Bonchev–Trinajstić information content (AvgIpc) is 2.75. The number of nitrogens with one attached hydrogen (secondary N) is 1. The Kier molecular flexibility index (Phi) is 9.37. The van der Waals surface area contributed by atoms with Gasteiger partial charge in [0.2, 0.25) is 5.91 Å². The summed E-state index contributed by atoms with van der Waals surface area (Å²) in [5, 5.41) is 2.88. The highest BCUT2D eigenvalue weighted by Gasteiger charge is 2.26. The van der Waals surface area contributed by atoms with Crippen LogP contribution in [0.5, 0.6) is 5.75 Å². The molecule has 0 fully saturated rings. The molecule has 0 aliphatic carbocycles. The van der Waals surface area contributed by atoms with Crippen LogP contribution in [0.2, 0.25) is 0 Å². The molecule has 0 bridgehead atoms. The van der Waals surface area contributed by atoms with Crippen molar-refractivity contribution in [1.82, 2.24) is 10.2 Å². The third kappa shape index (κ3) is 6.59. The van der Waals surface area contributed by atoms with E-state index in [2.05, 4.69) is 28.2 Å². The Hall–Kier alpha value is -2.34. The monoisotopic (exact) mass is 474 g/mol. The minimum Gasteiger partial charge on any atom is -0.483 e. The van der Waals surface area contributed by atoms with Gasteiger partial charge in [-0.25, -0.2) is 0 Å². The van der Waals surface area contributed by atoms with Crippen LogP contribution in [0.1, 0.15) is 43.9 Å². The largest absolute Gasteiger partial charge is 0.483 e. The van der Waals surface area contributed by atoms with Crippen molar-refractivity contribution in [3.63, 3.8) is 0 Å². The van der Waals surface area contributed by atoms with Gasteiger partial charge in [-0.05, 0) is 71.4 Å². The molecule has 30 heavy (non-hydrogen) atoms. The molecule has 1 atom stereocenters. The van der Waals surface area contributed by atoms with E-state index in [0.29, 0.717) is 18.8 Å². The number of rotatable bonds is 10. The summed E-state index contributed by atoms with van der Waals surface area (Å²) >= 11 is 3.51. The lowest BCUT2D eigenvalue weighted by molar-refractivity contribution is -0.142. The number of aryl methyl sites for hydroxylation is 2. The maximum Gasteiger partial charge on any atom is 0.261 e. The van der Waals surface area contributed by atoms with Gasteiger partial charge in [0.15, 0.2) is 6.61 Å². The lowest BCUT2D eigenvalue weighted by atomic mass is 10.1. The van der Waals surface area contributed by atoms with Crippen LogP contribution >= 0.6 is 15.9 Å². The molecule has 2 aromatic carbocycles. The molecule has 1 N–H and O–H groups in total. The fourth-order valence-corrected chi connectivity index (χ4v) is 3.59. The van der Waals surface area contributed by atoms with E-state index in [-0.39, 0.29) is 18.4 Å². The number of amides is 2. The summed E-state index contributed by atoms with van der Waals surface area (Å²) in [4.78, 5) is 27.2. The lowest BCUT2D eigenvalue weighted by Gasteiger charge is -2.29. The first-order valence-corrected chi connectivity index (χ1v) is 11.2. The zero-order valence-corrected chi connectivity index (χ0v) is 19.8. The third-order valence-electron chi connectivity index (χ3n) is 5.07. The van der Waals surface area contributed by atoms with E-state index in [4.69, 9.17) is 4.74 Å². The average molecular weight is 475 g/mol. The normalized spacial score (nSPS) is 11.6. The quantitative estimate of drug-likeness (QED) is 0.545. The molecular weight excluding hydrogens is 444 g/mol. The van der Waals surface area contributed by atoms with Crippen molar-refractivity contribution in [2.75, 3.05) is 13.2 Å². The maximum atomic E-state index is 13.1. The van der Waals surface area contributed by atoms with Crippen molar-refractivity contribution >= 4 is 27.7 Å². The summed E-state index contributed by atoms with van der Waals surface area (Å²) in [6.07, 6.45) is 1.77. The van der Waals surface area contributed by atoms with Crippen LogP contribution in [0.3, 0.4) is 0 Å². The summed E-state index contributed by atoms with van der Waals surface area (Å²) in [7, 11) is 0. The number of hydrogen-bond donors (Lipinski definition) is 1. The van der Waals surface area contributed by atoms with Gasteiger partial charge in [0, 0.05) is 13.1 Å². The molecule has 2 aromatic rings. The highest BCUT2D eigenvalue weighted by molar-refractivity contribution is 9.10. The van der Waals surface area contributed by atoms with E-state index in [1.165, 1.54) is 5.56 Å². The van der Waals surface area contributed by atoms with Gasteiger partial charge < -0.3 is 15.0 Å². The van der Waals surface area contributed by atoms with Gasteiger partial charge in [-0.1, -0.05) is 44.2 Å². The number of benzene rings is 2. The first kappa shape index (κ1) is 23.9. The second-order valence-electron chi connectivity index (χ2n) is 7.32. The molecule has 0 radical (unpaired) electrons.